The number of hydrogen-bond donors (Lipinski definition) is 2. The van der Waals surface area contributed by atoms with Gasteiger partial charge in [0.15, 0.2) is 0 Å². The zero-order valence-electron chi connectivity index (χ0n) is 10.2. The van der Waals surface area contributed by atoms with Crippen molar-refractivity contribution >= 4 is 15.7 Å². The molecule has 1 aromatic rings. The van der Waals surface area contributed by atoms with E-state index >= 15 is 0 Å². The van der Waals surface area contributed by atoms with Crippen LogP contribution in [0.4, 0.5) is 14.5 Å². The normalized spacial score (nSPS) is 11.0. The first-order chi connectivity index (χ1) is 8.86. The maximum atomic E-state index is 12.3. The minimum atomic E-state index is -4.69. The van der Waals surface area contributed by atoms with E-state index in [-0.39, 0.29) is 18.7 Å². The molecule has 0 amide bonds. The number of aliphatic hydroxyl groups is 1. The van der Waals surface area contributed by atoms with E-state index in [9.17, 15) is 17.2 Å². The second kappa shape index (κ2) is 6.50. The predicted octanol–water partition coefficient (Wildman–Crippen LogP) is 1.69. The van der Waals surface area contributed by atoms with Gasteiger partial charge in [0.05, 0.1) is 12.3 Å². The molecule has 104 valence electrons. The van der Waals surface area contributed by atoms with Crippen molar-refractivity contribution in [2.45, 2.75) is 19.1 Å². The molecule has 0 radical (unpaired) electrons. The molecule has 0 aromatic heterocycles. The van der Waals surface area contributed by atoms with E-state index in [0.717, 1.165) is 0 Å². The summed E-state index contributed by atoms with van der Waals surface area (Å²) in [7, 11) is -4.69. The Balaban J connectivity index is 3.03. The number of nitrogens with one attached hydrogen (secondary N) is 1. The lowest BCUT2D eigenvalue weighted by atomic mass is 10.1. The minimum Gasteiger partial charge on any atom is -0.395 e. The quantitative estimate of drug-likeness (QED) is 0.829. The smallest absolute Gasteiger partial charge is 0.355 e. The van der Waals surface area contributed by atoms with Crippen LogP contribution < -0.4 is 4.72 Å². The van der Waals surface area contributed by atoms with Gasteiger partial charge in [-0.3, -0.25) is 4.72 Å². The van der Waals surface area contributed by atoms with Gasteiger partial charge >= 0.3 is 5.76 Å². The number of aryl methyl sites for hydroxylation is 1. The number of benzene rings is 1. The minimum absolute atomic E-state index is 0.0658. The number of aliphatic hydroxyl groups excluding tert-OH is 1. The average Bonchev–Trinajstić information content (AvgIpc) is 2.33. The lowest BCUT2D eigenvalue weighted by molar-refractivity contribution is 0.236. The Morgan fingerprint density at radius 1 is 1.42 bits per heavy atom. The lowest BCUT2D eigenvalue weighted by Crippen LogP contribution is -2.21. The Morgan fingerprint density at radius 2 is 2.11 bits per heavy atom. The van der Waals surface area contributed by atoms with E-state index in [4.69, 9.17) is 5.11 Å². The van der Waals surface area contributed by atoms with Gasteiger partial charge < -0.3 is 5.11 Å². The van der Waals surface area contributed by atoms with Crippen molar-refractivity contribution in [1.29, 1.82) is 0 Å². The van der Waals surface area contributed by atoms with E-state index in [1.54, 1.807) is 19.1 Å². The van der Waals surface area contributed by atoms with E-state index < -0.39 is 15.8 Å². The van der Waals surface area contributed by atoms with Crippen molar-refractivity contribution in [3.8, 4) is 11.8 Å². The van der Waals surface area contributed by atoms with Crippen LogP contribution >= 0.6 is 0 Å². The van der Waals surface area contributed by atoms with Crippen molar-refractivity contribution in [3.05, 3.63) is 29.3 Å². The number of alkyl halides is 2. The molecule has 0 atom stereocenters. The SMILES string of the molecule is Cc1ccc(C#CCCO)cc1NS(=O)(=O)C(F)F. The summed E-state index contributed by atoms with van der Waals surface area (Å²) in [6.07, 6.45) is 0.284. The largest absolute Gasteiger partial charge is 0.395 e. The van der Waals surface area contributed by atoms with Gasteiger partial charge in [-0.05, 0) is 24.6 Å². The zero-order valence-corrected chi connectivity index (χ0v) is 11.0. The maximum absolute atomic E-state index is 12.3. The van der Waals surface area contributed by atoms with Gasteiger partial charge in [0.2, 0.25) is 0 Å². The Kier molecular flexibility index (Phi) is 5.27. The fourth-order valence-electron chi connectivity index (χ4n) is 1.23. The molecule has 0 unspecified atom stereocenters. The van der Waals surface area contributed by atoms with Gasteiger partial charge in [0.25, 0.3) is 10.0 Å². The number of rotatable bonds is 4. The molecule has 0 saturated carbocycles. The summed E-state index contributed by atoms with van der Waals surface area (Å²) < 4.78 is 48.6. The van der Waals surface area contributed by atoms with Gasteiger partial charge in [0.1, 0.15) is 0 Å². The van der Waals surface area contributed by atoms with Gasteiger partial charge in [-0.15, -0.1) is 0 Å². The Labute approximate surface area is 110 Å². The highest BCUT2D eigenvalue weighted by Gasteiger charge is 2.24. The molecule has 4 nitrogen and oxygen atoms in total. The summed E-state index contributed by atoms with van der Waals surface area (Å²) in [5.41, 5.74) is 1.05. The van der Waals surface area contributed by atoms with E-state index in [1.165, 1.54) is 6.07 Å². The van der Waals surface area contributed by atoms with Gasteiger partial charge in [-0.2, -0.15) is 8.78 Å². The van der Waals surface area contributed by atoms with Crippen LogP contribution in [0.5, 0.6) is 0 Å². The van der Waals surface area contributed by atoms with Crippen LogP contribution in [-0.2, 0) is 10.0 Å². The summed E-state index contributed by atoms with van der Waals surface area (Å²) >= 11 is 0. The lowest BCUT2D eigenvalue weighted by Gasteiger charge is -2.10. The highest BCUT2D eigenvalue weighted by Crippen LogP contribution is 2.19. The molecule has 0 aliphatic carbocycles. The van der Waals surface area contributed by atoms with Crippen LogP contribution in [0, 0.1) is 18.8 Å². The fraction of sp³-hybridized carbons (Fsp3) is 0.333. The average molecular weight is 289 g/mol. The van der Waals surface area contributed by atoms with Crippen LogP contribution in [0.3, 0.4) is 0 Å². The van der Waals surface area contributed by atoms with Gasteiger partial charge in [-0.25, -0.2) is 8.42 Å². The first-order valence-corrected chi connectivity index (χ1v) is 6.91. The second-order valence-electron chi connectivity index (χ2n) is 3.71. The summed E-state index contributed by atoms with van der Waals surface area (Å²) in [5, 5.41) is 8.58. The number of sulfonamides is 1. The predicted molar refractivity (Wildman–Crippen MR) is 68.3 cm³/mol. The molecule has 0 bridgehead atoms. The number of halogens is 2. The van der Waals surface area contributed by atoms with Gasteiger partial charge in [-0.1, -0.05) is 17.9 Å². The number of hydrogen-bond acceptors (Lipinski definition) is 3. The Hall–Kier alpha value is -1.65. The second-order valence-corrected chi connectivity index (χ2v) is 5.36. The zero-order chi connectivity index (χ0) is 14.5. The molecule has 1 aromatic carbocycles. The summed E-state index contributed by atoms with van der Waals surface area (Å²) in [5.74, 6) is 1.86. The van der Waals surface area contributed by atoms with Crippen molar-refractivity contribution in [3.63, 3.8) is 0 Å². The monoisotopic (exact) mass is 289 g/mol. The first-order valence-electron chi connectivity index (χ1n) is 5.37. The fourth-order valence-corrected chi connectivity index (χ4v) is 1.84. The van der Waals surface area contributed by atoms with Crippen LogP contribution in [0.15, 0.2) is 18.2 Å². The third-order valence-electron chi connectivity index (χ3n) is 2.19. The Bertz CT molecular complexity index is 603. The first kappa shape index (κ1) is 15.4. The maximum Gasteiger partial charge on any atom is 0.355 e. The third kappa shape index (κ3) is 4.50. The summed E-state index contributed by atoms with van der Waals surface area (Å²) in [6.45, 7) is 1.51. The van der Waals surface area contributed by atoms with Crippen LogP contribution in [0.2, 0.25) is 0 Å². The Morgan fingerprint density at radius 3 is 2.68 bits per heavy atom. The van der Waals surface area contributed by atoms with E-state index in [0.29, 0.717) is 11.1 Å². The van der Waals surface area contributed by atoms with Gasteiger partial charge in [0, 0.05) is 12.0 Å². The highest BCUT2D eigenvalue weighted by atomic mass is 32.2. The molecule has 0 aliphatic rings. The molecule has 0 spiro atoms. The summed E-state index contributed by atoms with van der Waals surface area (Å²) in [4.78, 5) is 0. The molecule has 19 heavy (non-hydrogen) atoms. The van der Waals surface area contributed by atoms with E-state index in [2.05, 4.69) is 11.8 Å². The molecule has 2 N–H and O–H groups in total. The van der Waals surface area contributed by atoms with Crippen molar-refractivity contribution in [2.24, 2.45) is 0 Å². The molecule has 0 heterocycles. The molecule has 0 fully saturated rings. The van der Waals surface area contributed by atoms with E-state index in [1.807, 2.05) is 4.72 Å². The topological polar surface area (TPSA) is 66.4 Å². The summed E-state index contributed by atoms with van der Waals surface area (Å²) in [6, 6.07) is 4.59. The molecule has 7 heteroatoms. The van der Waals surface area contributed by atoms with Crippen LogP contribution in [0.25, 0.3) is 0 Å². The highest BCUT2D eigenvalue weighted by molar-refractivity contribution is 7.93. The van der Waals surface area contributed by atoms with Crippen molar-refractivity contribution in [2.75, 3.05) is 11.3 Å². The molecule has 1 rings (SSSR count). The standard InChI is InChI=1S/C12H13F2NO3S/c1-9-5-6-10(4-2-3-7-16)8-11(9)15-19(17,18)12(13)14/h5-6,8,12,15-16H,3,7H2,1H3. The van der Waals surface area contributed by atoms with Crippen molar-refractivity contribution < 1.29 is 22.3 Å². The van der Waals surface area contributed by atoms with Crippen LogP contribution in [-0.4, -0.2) is 25.9 Å². The molecular formula is C12H13F2NO3S. The number of anilines is 1. The molecule has 0 aliphatic heterocycles. The van der Waals surface area contributed by atoms with Crippen LogP contribution in [0.1, 0.15) is 17.5 Å². The van der Waals surface area contributed by atoms with Crippen molar-refractivity contribution in [1.82, 2.24) is 0 Å². The molecule has 0 saturated heterocycles. The third-order valence-corrected chi connectivity index (χ3v) is 3.17. The molecular weight excluding hydrogens is 276 g/mol.